The molecule has 2 aromatic heterocycles. The van der Waals surface area contributed by atoms with E-state index < -0.39 is 0 Å². The highest BCUT2D eigenvalue weighted by Crippen LogP contribution is 2.25. The molecule has 0 aliphatic carbocycles. The number of rotatable bonds is 6. The first-order chi connectivity index (χ1) is 12.2. The summed E-state index contributed by atoms with van der Waals surface area (Å²) in [4.78, 5) is 12.9. The monoisotopic (exact) mass is 337 g/mol. The smallest absolute Gasteiger partial charge is 0.250 e. The molecule has 1 aromatic carbocycles. The van der Waals surface area contributed by atoms with Crippen molar-refractivity contribution in [3.8, 4) is 5.69 Å². The van der Waals surface area contributed by atoms with E-state index in [9.17, 15) is 4.79 Å². The van der Waals surface area contributed by atoms with E-state index in [4.69, 9.17) is 0 Å². The van der Waals surface area contributed by atoms with E-state index in [1.54, 1.807) is 10.9 Å². The Hall–Kier alpha value is -2.89. The van der Waals surface area contributed by atoms with E-state index in [-0.39, 0.29) is 11.9 Å². The van der Waals surface area contributed by atoms with Crippen LogP contribution in [0.3, 0.4) is 0 Å². The molecular weight excluding hydrogens is 314 g/mol. The van der Waals surface area contributed by atoms with Gasteiger partial charge >= 0.3 is 0 Å². The molecule has 0 unspecified atom stereocenters. The van der Waals surface area contributed by atoms with Crippen molar-refractivity contribution in [2.75, 3.05) is 5.32 Å². The Bertz CT molecular complexity index is 836. The summed E-state index contributed by atoms with van der Waals surface area (Å²) in [6, 6.07) is 11.3. The number of aromatic nitrogens is 4. The summed E-state index contributed by atoms with van der Waals surface area (Å²) in [5.41, 5.74) is 2.90. The van der Waals surface area contributed by atoms with Crippen molar-refractivity contribution in [2.24, 2.45) is 0 Å². The Morgan fingerprint density at radius 2 is 1.96 bits per heavy atom. The molecule has 6 heteroatoms. The van der Waals surface area contributed by atoms with Gasteiger partial charge in [-0.25, -0.2) is 4.68 Å². The summed E-state index contributed by atoms with van der Waals surface area (Å²) in [7, 11) is 0. The lowest BCUT2D eigenvalue weighted by Gasteiger charge is -2.17. The van der Waals surface area contributed by atoms with Crippen LogP contribution in [0.25, 0.3) is 5.69 Å². The molecule has 3 aromatic rings. The molecule has 0 aliphatic heterocycles. The molecule has 0 radical (unpaired) electrons. The number of hydrogen-bond donors (Lipinski definition) is 1. The second-order valence-corrected chi connectivity index (χ2v) is 5.92. The van der Waals surface area contributed by atoms with Crippen molar-refractivity contribution < 1.29 is 4.79 Å². The Morgan fingerprint density at radius 3 is 2.56 bits per heavy atom. The fourth-order valence-electron chi connectivity index (χ4n) is 2.94. The number of nitrogens with zero attached hydrogens (tertiary/aromatic N) is 4. The van der Waals surface area contributed by atoms with Crippen LogP contribution in [0.5, 0.6) is 0 Å². The van der Waals surface area contributed by atoms with Crippen LogP contribution in [0.1, 0.15) is 37.6 Å². The lowest BCUT2D eigenvalue weighted by molar-refractivity contribution is -0.119. The van der Waals surface area contributed by atoms with E-state index in [0.29, 0.717) is 6.42 Å². The van der Waals surface area contributed by atoms with Gasteiger partial charge in [0.1, 0.15) is 11.9 Å². The molecular formula is C19H23N5O. The predicted molar refractivity (Wildman–Crippen MR) is 97.9 cm³/mol. The topological polar surface area (TPSA) is 64.7 Å². The van der Waals surface area contributed by atoms with E-state index in [2.05, 4.69) is 22.4 Å². The molecule has 0 bridgehead atoms. The molecule has 2 heterocycles. The number of carbonyl (C=O) groups excluding carboxylic acids is 1. The van der Waals surface area contributed by atoms with Crippen LogP contribution < -0.4 is 5.32 Å². The summed E-state index contributed by atoms with van der Waals surface area (Å²) in [6.07, 6.45) is 4.97. The van der Waals surface area contributed by atoms with Gasteiger partial charge in [0.2, 0.25) is 5.91 Å². The number of hydrogen-bond acceptors (Lipinski definition) is 3. The Kier molecular flexibility index (Phi) is 4.97. The van der Waals surface area contributed by atoms with Gasteiger partial charge in [0.05, 0.1) is 11.4 Å². The van der Waals surface area contributed by atoms with Gasteiger partial charge in [-0.15, -0.1) is 0 Å². The van der Waals surface area contributed by atoms with Crippen LogP contribution in [-0.4, -0.2) is 25.5 Å². The summed E-state index contributed by atoms with van der Waals surface area (Å²) >= 11 is 0. The number of benzene rings is 1. The lowest BCUT2D eigenvalue weighted by atomic mass is 10.2. The molecule has 0 saturated carbocycles. The zero-order valence-corrected chi connectivity index (χ0v) is 14.8. The van der Waals surface area contributed by atoms with Gasteiger partial charge in [-0.1, -0.05) is 32.0 Å². The summed E-state index contributed by atoms with van der Waals surface area (Å²) in [5.74, 6) is 0.632. The third-order valence-electron chi connectivity index (χ3n) is 4.33. The standard InChI is InChI=1S/C19H23N5O/c1-4-16-14(3)18(24(22-16)15-10-7-6-8-11-15)21-19(25)17(5-2)23-13-9-12-20-23/h6-13,17H,4-5H2,1-3H3,(H,21,25)/t17-/m1/s1. The van der Waals surface area contributed by atoms with Crippen LogP contribution in [-0.2, 0) is 11.2 Å². The molecule has 0 saturated heterocycles. The number of amides is 1. The minimum atomic E-state index is -0.349. The number of nitrogens with one attached hydrogen (secondary N) is 1. The molecule has 130 valence electrons. The van der Waals surface area contributed by atoms with Gasteiger partial charge in [-0.05, 0) is 38.0 Å². The first kappa shape index (κ1) is 17.0. The second-order valence-electron chi connectivity index (χ2n) is 5.92. The second kappa shape index (κ2) is 7.34. The Morgan fingerprint density at radius 1 is 1.20 bits per heavy atom. The molecule has 0 spiro atoms. The molecule has 0 fully saturated rings. The first-order valence-electron chi connectivity index (χ1n) is 8.59. The summed E-state index contributed by atoms with van der Waals surface area (Å²) in [5, 5.41) is 12.0. The Labute approximate surface area is 147 Å². The minimum Gasteiger partial charge on any atom is -0.308 e. The van der Waals surface area contributed by atoms with Crippen LogP contribution in [0.15, 0.2) is 48.8 Å². The largest absolute Gasteiger partial charge is 0.308 e. The van der Waals surface area contributed by atoms with Gasteiger partial charge in [0.25, 0.3) is 0 Å². The molecule has 0 aliphatic rings. The predicted octanol–water partition coefficient (Wildman–Crippen LogP) is 3.53. The van der Waals surface area contributed by atoms with Crippen molar-refractivity contribution in [3.05, 3.63) is 60.0 Å². The Balaban J connectivity index is 1.96. The van der Waals surface area contributed by atoms with Crippen molar-refractivity contribution in [2.45, 2.75) is 39.7 Å². The van der Waals surface area contributed by atoms with Crippen LogP contribution >= 0.6 is 0 Å². The number of anilines is 1. The fraction of sp³-hybridized carbons (Fsp3) is 0.316. The average Bonchev–Trinajstić information content (AvgIpc) is 3.26. The SMILES string of the molecule is CCc1nn(-c2ccccc2)c(NC(=O)[C@@H](CC)n2cccn2)c1C. The minimum absolute atomic E-state index is 0.0889. The normalized spacial score (nSPS) is 12.1. The maximum atomic E-state index is 12.9. The van der Waals surface area contributed by atoms with Crippen LogP contribution in [0, 0.1) is 6.92 Å². The number of aryl methyl sites for hydroxylation is 1. The van der Waals surface area contributed by atoms with Crippen LogP contribution in [0.2, 0.25) is 0 Å². The van der Waals surface area contributed by atoms with Crippen molar-refractivity contribution >= 4 is 11.7 Å². The molecule has 1 amide bonds. The van der Waals surface area contributed by atoms with Gasteiger partial charge in [0.15, 0.2) is 0 Å². The maximum Gasteiger partial charge on any atom is 0.250 e. The third kappa shape index (κ3) is 3.33. The zero-order chi connectivity index (χ0) is 17.8. The van der Waals surface area contributed by atoms with Gasteiger partial charge in [0, 0.05) is 18.0 Å². The molecule has 6 nitrogen and oxygen atoms in total. The van der Waals surface area contributed by atoms with E-state index in [1.807, 2.05) is 61.1 Å². The zero-order valence-electron chi connectivity index (χ0n) is 14.8. The van der Waals surface area contributed by atoms with Crippen LogP contribution in [0.4, 0.5) is 5.82 Å². The van der Waals surface area contributed by atoms with Crippen molar-refractivity contribution in [1.29, 1.82) is 0 Å². The van der Waals surface area contributed by atoms with E-state index in [0.717, 1.165) is 29.2 Å². The van der Waals surface area contributed by atoms with Gasteiger partial charge < -0.3 is 5.32 Å². The van der Waals surface area contributed by atoms with Crippen molar-refractivity contribution in [1.82, 2.24) is 19.6 Å². The molecule has 1 N–H and O–H groups in total. The summed E-state index contributed by atoms with van der Waals surface area (Å²) < 4.78 is 3.50. The summed E-state index contributed by atoms with van der Waals surface area (Å²) in [6.45, 7) is 6.04. The van der Waals surface area contributed by atoms with E-state index >= 15 is 0 Å². The van der Waals surface area contributed by atoms with E-state index in [1.165, 1.54) is 0 Å². The first-order valence-corrected chi connectivity index (χ1v) is 8.59. The third-order valence-corrected chi connectivity index (χ3v) is 4.33. The average molecular weight is 337 g/mol. The highest BCUT2D eigenvalue weighted by atomic mass is 16.2. The van der Waals surface area contributed by atoms with Gasteiger partial charge in [-0.3, -0.25) is 9.48 Å². The molecule has 3 rings (SSSR count). The lowest BCUT2D eigenvalue weighted by Crippen LogP contribution is -2.27. The highest BCUT2D eigenvalue weighted by molar-refractivity contribution is 5.94. The van der Waals surface area contributed by atoms with Gasteiger partial charge in [-0.2, -0.15) is 10.2 Å². The number of carbonyl (C=O) groups is 1. The number of para-hydroxylation sites is 1. The fourth-order valence-corrected chi connectivity index (χ4v) is 2.94. The maximum absolute atomic E-state index is 12.9. The molecule has 1 atom stereocenters. The van der Waals surface area contributed by atoms with Crippen molar-refractivity contribution in [3.63, 3.8) is 0 Å². The quantitative estimate of drug-likeness (QED) is 0.748. The molecule has 25 heavy (non-hydrogen) atoms. The highest BCUT2D eigenvalue weighted by Gasteiger charge is 2.23.